The van der Waals surface area contributed by atoms with Gasteiger partial charge in [0.1, 0.15) is 11.4 Å². The molecule has 2 aromatic carbocycles. The van der Waals surface area contributed by atoms with Crippen molar-refractivity contribution in [2.24, 2.45) is 0 Å². The van der Waals surface area contributed by atoms with Crippen molar-refractivity contribution in [1.29, 1.82) is 0 Å². The number of sulfonamides is 1. The number of nitrogens with one attached hydrogen (secondary N) is 2. The van der Waals surface area contributed by atoms with E-state index in [1.807, 2.05) is 4.72 Å². The minimum Gasteiger partial charge on any atom is -0.496 e. The van der Waals surface area contributed by atoms with Gasteiger partial charge in [-0.2, -0.15) is 0 Å². The Morgan fingerprint density at radius 2 is 1.71 bits per heavy atom. The number of aromatic nitrogens is 1. The van der Waals surface area contributed by atoms with E-state index in [1.54, 1.807) is 38.1 Å². The van der Waals surface area contributed by atoms with E-state index in [0.29, 0.717) is 22.8 Å². The normalized spacial score (nSPS) is 11.1. The van der Waals surface area contributed by atoms with Crippen LogP contribution < -0.4 is 14.8 Å². The van der Waals surface area contributed by atoms with Gasteiger partial charge in [0.05, 0.1) is 29.2 Å². The number of carbonyl (C=O) groups excluding carboxylic acids is 3. The first-order chi connectivity index (χ1) is 18.0. The lowest BCUT2D eigenvalue weighted by Crippen LogP contribution is -2.30. The fourth-order valence-electron chi connectivity index (χ4n) is 3.27. The number of hydrogen-bond acceptors (Lipinski definition) is 8. The minimum atomic E-state index is -4.16. The van der Waals surface area contributed by atoms with Gasteiger partial charge in [0, 0.05) is 17.8 Å². The standard InChI is InChI=1S/C26H26ClN3O7S/c1-16(2)37-26(33)22-10-6-18(15-29-22)24(31)30-38(34,35)20-8-4-17(5-9-20)12-13-28-25(32)21-14-19(27)7-11-23(21)36-3/h4-11,14-16H,12-13H2,1-3H3,(H,28,32)(H,30,31). The Morgan fingerprint density at radius 3 is 2.32 bits per heavy atom. The molecule has 0 fully saturated rings. The molecule has 0 bridgehead atoms. The van der Waals surface area contributed by atoms with Crippen molar-refractivity contribution in [2.45, 2.75) is 31.3 Å². The molecule has 2 N–H and O–H groups in total. The Hall–Kier alpha value is -3.96. The number of hydrogen-bond donors (Lipinski definition) is 2. The van der Waals surface area contributed by atoms with Crippen LogP contribution in [0.4, 0.5) is 0 Å². The number of carbonyl (C=O) groups is 3. The van der Waals surface area contributed by atoms with Crippen LogP contribution in [0, 0.1) is 0 Å². The number of esters is 1. The van der Waals surface area contributed by atoms with Crippen LogP contribution in [-0.4, -0.2) is 50.9 Å². The summed E-state index contributed by atoms with van der Waals surface area (Å²) >= 11 is 5.97. The summed E-state index contributed by atoms with van der Waals surface area (Å²) < 4.78 is 37.5. The molecule has 0 aliphatic heterocycles. The topological polar surface area (TPSA) is 141 Å². The van der Waals surface area contributed by atoms with E-state index in [1.165, 1.54) is 37.4 Å². The lowest BCUT2D eigenvalue weighted by atomic mass is 10.1. The molecule has 0 aliphatic rings. The first-order valence-electron chi connectivity index (χ1n) is 11.4. The quantitative estimate of drug-likeness (QED) is 0.360. The fourth-order valence-corrected chi connectivity index (χ4v) is 4.42. The molecule has 3 rings (SSSR count). The Bertz CT molecular complexity index is 1420. The Labute approximate surface area is 225 Å². The fraction of sp³-hybridized carbons (Fsp3) is 0.231. The van der Waals surface area contributed by atoms with Crippen molar-refractivity contribution in [3.63, 3.8) is 0 Å². The van der Waals surface area contributed by atoms with Crippen LogP contribution in [0.3, 0.4) is 0 Å². The molecule has 10 nitrogen and oxygen atoms in total. The van der Waals surface area contributed by atoms with Crippen molar-refractivity contribution in [1.82, 2.24) is 15.0 Å². The largest absolute Gasteiger partial charge is 0.496 e. The minimum absolute atomic E-state index is 0.00316. The van der Waals surface area contributed by atoms with Gasteiger partial charge in [0.2, 0.25) is 0 Å². The summed E-state index contributed by atoms with van der Waals surface area (Å²) in [6.45, 7) is 3.66. The summed E-state index contributed by atoms with van der Waals surface area (Å²) in [4.78, 5) is 40.5. The second kappa shape index (κ2) is 12.5. The molecule has 1 aromatic heterocycles. The van der Waals surface area contributed by atoms with E-state index >= 15 is 0 Å². The predicted octanol–water partition coefficient (Wildman–Crippen LogP) is 3.40. The monoisotopic (exact) mass is 559 g/mol. The van der Waals surface area contributed by atoms with Crippen LogP contribution >= 0.6 is 11.6 Å². The van der Waals surface area contributed by atoms with Crippen LogP contribution in [0.25, 0.3) is 0 Å². The summed E-state index contributed by atoms with van der Waals surface area (Å²) in [5.41, 5.74) is 1.02. The van der Waals surface area contributed by atoms with Crippen LogP contribution in [0.2, 0.25) is 5.02 Å². The molecular formula is C26H26ClN3O7S. The van der Waals surface area contributed by atoms with Gasteiger partial charge in [-0.3, -0.25) is 9.59 Å². The number of pyridine rings is 1. The van der Waals surface area contributed by atoms with E-state index in [0.717, 1.165) is 11.8 Å². The molecule has 38 heavy (non-hydrogen) atoms. The summed E-state index contributed by atoms with van der Waals surface area (Å²) in [6, 6.07) is 13.2. The van der Waals surface area contributed by atoms with Gasteiger partial charge in [0.25, 0.3) is 21.8 Å². The van der Waals surface area contributed by atoms with E-state index in [9.17, 15) is 22.8 Å². The molecule has 0 saturated carbocycles. The van der Waals surface area contributed by atoms with Gasteiger partial charge >= 0.3 is 5.97 Å². The SMILES string of the molecule is COc1ccc(Cl)cc1C(=O)NCCc1ccc(S(=O)(=O)NC(=O)c2ccc(C(=O)OC(C)C)nc2)cc1. The Kier molecular flexibility index (Phi) is 9.43. The highest BCUT2D eigenvalue weighted by Gasteiger charge is 2.20. The van der Waals surface area contributed by atoms with Gasteiger partial charge < -0.3 is 14.8 Å². The lowest BCUT2D eigenvalue weighted by molar-refractivity contribution is 0.0370. The molecule has 0 aliphatic carbocycles. The molecule has 0 radical (unpaired) electrons. The molecule has 200 valence electrons. The smallest absolute Gasteiger partial charge is 0.357 e. The van der Waals surface area contributed by atoms with E-state index in [2.05, 4.69) is 10.3 Å². The zero-order valence-electron chi connectivity index (χ0n) is 20.9. The number of nitrogens with zero attached hydrogens (tertiary/aromatic N) is 1. The first-order valence-corrected chi connectivity index (χ1v) is 13.3. The zero-order chi connectivity index (χ0) is 27.9. The van der Waals surface area contributed by atoms with Gasteiger partial charge in [-0.1, -0.05) is 23.7 Å². The summed E-state index contributed by atoms with van der Waals surface area (Å²) in [7, 11) is -2.71. The van der Waals surface area contributed by atoms with Gasteiger partial charge in [-0.05, 0) is 68.3 Å². The molecule has 0 atom stereocenters. The number of rotatable bonds is 10. The molecule has 0 spiro atoms. The van der Waals surface area contributed by atoms with E-state index in [4.69, 9.17) is 21.1 Å². The second-order valence-corrected chi connectivity index (χ2v) is 10.4. The predicted molar refractivity (Wildman–Crippen MR) is 140 cm³/mol. The molecule has 0 unspecified atom stereocenters. The molecule has 2 amide bonds. The molecule has 1 heterocycles. The summed E-state index contributed by atoms with van der Waals surface area (Å²) in [6.07, 6.45) is 1.19. The third-order valence-electron chi connectivity index (χ3n) is 5.14. The average molecular weight is 560 g/mol. The molecular weight excluding hydrogens is 534 g/mol. The van der Waals surface area contributed by atoms with Crippen molar-refractivity contribution < 1.29 is 32.3 Å². The second-order valence-electron chi connectivity index (χ2n) is 8.32. The van der Waals surface area contributed by atoms with Crippen molar-refractivity contribution in [3.05, 3.63) is 88.2 Å². The highest BCUT2D eigenvalue weighted by Crippen LogP contribution is 2.22. The maximum absolute atomic E-state index is 12.7. The highest BCUT2D eigenvalue weighted by molar-refractivity contribution is 7.90. The Morgan fingerprint density at radius 1 is 1.00 bits per heavy atom. The van der Waals surface area contributed by atoms with Crippen LogP contribution in [0.5, 0.6) is 5.75 Å². The van der Waals surface area contributed by atoms with Crippen molar-refractivity contribution in [2.75, 3.05) is 13.7 Å². The average Bonchev–Trinajstić information content (AvgIpc) is 2.88. The number of ether oxygens (including phenoxy) is 2. The first kappa shape index (κ1) is 28.6. The summed E-state index contributed by atoms with van der Waals surface area (Å²) in [5.74, 6) is -1.51. The van der Waals surface area contributed by atoms with Crippen molar-refractivity contribution in [3.8, 4) is 5.75 Å². The van der Waals surface area contributed by atoms with Gasteiger partial charge in [-0.15, -0.1) is 0 Å². The Balaban J connectivity index is 1.57. The van der Waals surface area contributed by atoms with Crippen LogP contribution in [0.1, 0.15) is 50.6 Å². The molecule has 3 aromatic rings. The highest BCUT2D eigenvalue weighted by atomic mass is 35.5. The number of amides is 2. The number of methoxy groups -OCH3 is 1. The third kappa shape index (κ3) is 7.53. The third-order valence-corrected chi connectivity index (χ3v) is 6.73. The van der Waals surface area contributed by atoms with Crippen LogP contribution in [-0.2, 0) is 21.2 Å². The van der Waals surface area contributed by atoms with E-state index < -0.39 is 21.9 Å². The number of halogens is 1. The maximum Gasteiger partial charge on any atom is 0.357 e. The van der Waals surface area contributed by atoms with Gasteiger partial charge in [0.15, 0.2) is 0 Å². The van der Waals surface area contributed by atoms with E-state index in [-0.39, 0.29) is 34.7 Å². The van der Waals surface area contributed by atoms with Crippen molar-refractivity contribution >= 4 is 39.4 Å². The molecule has 12 heteroatoms. The molecule has 0 saturated heterocycles. The van der Waals surface area contributed by atoms with Gasteiger partial charge in [-0.25, -0.2) is 22.9 Å². The number of benzene rings is 2. The maximum atomic E-state index is 12.7. The zero-order valence-corrected chi connectivity index (χ0v) is 22.4. The summed E-state index contributed by atoms with van der Waals surface area (Å²) in [5, 5.41) is 3.17. The van der Waals surface area contributed by atoms with Crippen LogP contribution in [0.15, 0.2) is 65.7 Å². The lowest BCUT2D eigenvalue weighted by Gasteiger charge is -2.10.